The van der Waals surface area contributed by atoms with Gasteiger partial charge >= 0.3 is 0 Å². The summed E-state index contributed by atoms with van der Waals surface area (Å²) in [5, 5.41) is 3.28. The first-order chi connectivity index (χ1) is 9.44. The Morgan fingerprint density at radius 3 is 2.50 bits per heavy atom. The molecule has 0 radical (unpaired) electrons. The molecule has 0 saturated carbocycles. The van der Waals surface area contributed by atoms with Crippen molar-refractivity contribution in [3.63, 3.8) is 0 Å². The van der Waals surface area contributed by atoms with Crippen molar-refractivity contribution in [2.75, 3.05) is 24.5 Å². The molecule has 1 atom stereocenters. The Morgan fingerprint density at radius 1 is 1.35 bits per heavy atom. The Hall–Kier alpha value is -1.55. The minimum Gasteiger partial charge on any atom is -0.369 e. The standard InChI is InChI=1S/C16H27N3O/c1-5-11-18-16(4,15(17)20)12-19(6-2)14-10-8-7-9-13(14)3/h7-10,18H,5-6,11-12H2,1-4H3,(H2,17,20). The molecule has 1 aromatic carbocycles. The zero-order chi connectivity index (χ0) is 15.2. The second kappa shape index (κ2) is 7.29. The number of likely N-dealkylation sites (N-methyl/N-ethyl adjacent to an activating group) is 1. The van der Waals surface area contributed by atoms with Gasteiger partial charge in [-0.05, 0) is 45.4 Å². The van der Waals surface area contributed by atoms with Crippen molar-refractivity contribution in [2.24, 2.45) is 5.73 Å². The van der Waals surface area contributed by atoms with Crippen LogP contribution in [0.15, 0.2) is 24.3 Å². The van der Waals surface area contributed by atoms with E-state index < -0.39 is 5.54 Å². The van der Waals surface area contributed by atoms with Crippen LogP contribution >= 0.6 is 0 Å². The Balaban J connectivity index is 2.95. The van der Waals surface area contributed by atoms with Gasteiger partial charge in [0.15, 0.2) is 0 Å². The summed E-state index contributed by atoms with van der Waals surface area (Å²) >= 11 is 0. The van der Waals surface area contributed by atoms with Gasteiger partial charge in [-0.25, -0.2) is 0 Å². The summed E-state index contributed by atoms with van der Waals surface area (Å²) in [6.45, 7) is 10.3. The van der Waals surface area contributed by atoms with Gasteiger partial charge in [-0.2, -0.15) is 0 Å². The summed E-state index contributed by atoms with van der Waals surface area (Å²) in [5.41, 5.74) is 7.25. The van der Waals surface area contributed by atoms with E-state index in [9.17, 15) is 4.79 Å². The number of carbonyl (C=O) groups is 1. The molecule has 1 amide bonds. The van der Waals surface area contributed by atoms with E-state index in [0.717, 1.165) is 25.2 Å². The summed E-state index contributed by atoms with van der Waals surface area (Å²) in [4.78, 5) is 14.0. The Bertz CT molecular complexity index is 447. The van der Waals surface area contributed by atoms with Gasteiger partial charge in [0.05, 0.1) is 0 Å². The maximum Gasteiger partial charge on any atom is 0.239 e. The van der Waals surface area contributed by atoms with E-state index in [-0.39, 0.29) is 5.91 Å². The van der Waals surface area contributed by atoms with E-state index in [4.69, 9.17) is 5.73 Å². The third kappa shape index (κ3) is 3.97. The fourth-order valence-corrected chi connectivity index (χ4v) is 2.29. The average molecular weight is 277 g/mol. The number of nitrogens with one attached hydrogen (secondary N) is 1. The average Bonchev–Trinajstić information content (AvgIpc) is 2.43. The van der Waals surface area contributed by atoms with E-state index in [0.29, 0.717) is 6.54 Å². The number of nitrogens with zero attached hydrogens (tertiary/aromatic N) is 1. The lowest BCUT2D eigenvalue weighted by Crippen LogP contribution is -2.60. The highest BCUT2D eigenvalue weighted by Crippen LogP contribution is 2.21. The zero-order valence-corrected chi connectivity index (χ0v) is 13.1. The molecule has 1 rings (SSSR count). The van der Waals surface area contributed by atoms with E-state index in [2.05, 4.69) is 43.1 Å². The number of hydrogen-bond acceptors (Lipinski definition) is 3. The van der Waals surface area contributed by atoms with Crippen molar-refractivity contribution in [1.82, 2.24) is 5.32 Å². The molecule has 4 heteroatoms. The molecule has 3 N–H and O–H groups in total. The molecule has 0 heterocycles. The lowest BCUT2D eigenvalue weighted by atomic mass is 9.99. The van der Waals surface area contributed by atoms with Crippen LogP contribution in [0.5, 0.6) is 0 Å². The van der Waals surface area contributed by atoms with Crippen LogP contribution in [0.4, 0.5) is 5.69 Å². The fourth-order valence-electron chi connectivity index (χ4n) is 2.29. The van der Waals surface area contributed by atoms with Crippen LogP contribution in [0.3, 0.4) is 0 Å². The number of aryl methyl sites for hydroxylation is 1. The highest BCUT2D eigenvalue weighted by Gasteiger charge is 2.32. The minimum absolute atomic E-state index is 0.307. The molecule has 0 spiro atoms. The van der Waals surface area contributed by atoms with Gasteiger partial charge in [0.2, 0.25) is 5.91 Å². The number of primary amides is 1. The van der Waals surface area contributed by atoms with Crippen LogP contribution in [0.25, 0.3) is 0 Å². The van der Waals surface area contributed by atoms with Crippen molar-refractivity contribution in [1.29, 1.82) is 0 Å². The van der Waals surface area contributed by atoms with Crippen molar-refractivity contribution in [3.8, 4) is 0 Å². The number of benzene rings is 1. The van der Waals surface area contributed by atoms with Crippen LogP contribution < -0.4 is 16.0 Å². The third-order valence-corrected chi connectivity index (χ3v) is 3.65. The number of nitrogens with two attached hydrogens (primary N) is 1. The molecule has 0 aromatic heterocycles. The fraction of sp³-hybridized carbons (Fsp3) is 0.562. The van der Waals surface area contributed by atoms with Crippen molar-refractivity contribution in [2.45, 2.75) is 39.7 Å². The van der Waals surface area contributed by atoms with Gasteiger partial charge in [-0.3, -0.25) is 4.79 Å². The number of anilines is 1. The SMILES string of the molecule is CCCNC(C)(CN(CC)c1ccccc1C)C(N)=O. The summed E-state index contributed by atoms with van der Waals surface area (Å²) in [7, 11) is 0. The minimum atomic E-state index is -0.714. The summed E-state index contributed by atoms with van der Waals surface area (Å²) < 4.78 is 0. The smallest absolute Gasteiger partial charge is 0.239 e. The maximum absolute atomic E-state index is 11.8. The zero-order valence-electron chi connectivity index (χ0n) is 13.1. The lowest BCUT2D eigenvalue weighted by molar-refractivity contribution is -0.123. The molecule has 0 aliphatic carbocycles. The van der Waals surface area contributed by atoms with Crippen LogP contribution in [0, 0.1) is 6.92 Å². The molecule has 4 nitrogen and oxygen atoms in total. The molecular weight excluding hydrogens is 250 g/mol. The van der Waals surface area contributed by atoms with Crippen LogP contribution in [-0.4, -0.2) is 31.1 Å². The highest BCUT2D eigenvalue weighted by atomic mass is 16.1. The number of rotatable bonds is 8. The second-order valence-corrected chi connectivity index (χ2v) is 5.42. The van der Waals surface area contributed by atoms with Crippen molar-refractivity contribution >= 4 is 11.6 Å². The number of para-hydroxylation sites is 1. The summed E-state index contributed by atoms with van der Waals surface area (Å²) in [6, 6.07) is 8.21. The molecule has 0 aliphatic rings. The third-order valence-electron chi connectivity index (χ3n) is 3.65. The number of amides is 1. The first kappa shape index (κ1) is 16.5. The van der Waals surface area contributed by atoms with E-state index in [1.807, 2.05) is 19.1 Å². The molecule has 112 valence electrons. The van der Waals surface area contributed by atoms with Crippen LogP contribution in [0.1, 0.15) is 32.8 Å². The first-order valence-corrected chi connectivity index (χ1v) is 7.30. The largest absolute Gasteiger partial charge is 0.369 e. The molecule has 0 fully saturated rings. The molecule has 1 aromatic rings. The summed E-state index contributed by atoms with van der Waals surface area (Å²) in [5.74, 6) is -0.307. The van der Waals surface area contributed by atoms with Crippen molar-refractivity contribution < 1.29 is 4.79 Å². The van der Waals surface area contributed by atoms with E-state index >= 15 is 0 Å². The predicted octanol–water partition coefficient (Wildman–Crippen LogP) is 2.06. The molecule has 1 unspecified atom stereocenters. The lowest BCUT2D eigenvalue weighted by Gasteiger charge is -2.35. The van der Waals surface area contributed by atoms with Gasteiger partial charge in [-0.1, -0.05) is 25.1 Å². The molecular formula is C16H27N3O. The first-order valence-electron chi connectivity index (χ1n) is 7.30. The topological polar surface area (TPSA) is 58.4 Å². The Kier molecular flexibility index (Phi) is 6.02. The number of hydrogen-bond donors (Lipinski definition) is 2. The van der Waals surface area contributed by atoms with Gasteiger partial charge in [0.1, 0.15) is 5.54 Å². The molecule has 0 bridgehead atoms. The Labute approximate surface area is 122 Å². The molecule has 0 aliphatic heterocycles. The van der Waals surface area contributed by atoms with Gasteiger partial charge in [0, 0.05) is 18.8 Å². The monoisotopic (exact) mass is 277 g/mol. The van der Waals surface area contributed by atoms with Crippen LogP contribution in [-0.2, 0) is 4.79 Å². The second-order valence-electron chi connectivity index (χ2n) is 5.42. The molecule has 0 saturated heterocycles. The Morgan fingerprint density at radius 2 is 2.00 bits per heavy atom. The van der Waals surface area contributed by atoms with Crippen molar-refractivity contribution in [3.05, 3.63) is 29.8 Å². The van der Waals surface area contributed by atoms with E-state index in [1.54, 1.807) is 0 Å². The molecule has 20 heavy (non-hydrogen) atoms. The van der Waals surface area contributed by atoms with Crippen LogP contribution in [0.2, 0.25) is 0 Å². The summed E-state index contributed by atoms with van der Waals surface area (Å²) in [6.07, 6.45) is 0.972. The number of carbonyl (C=O) groups excluding carboxylic acids is 1. The maximum atomic E-state index is 11.8. The predicted molar refractivity (Wildman–Crippen MR) is 85.0 cm³/mol. The van der Waals surface area contributed by atoms with Gasteiger partial charge in [-0.15, -0.1) is 0 Å². The van der Waals surface area contributed by atoms with Gasteiger partial charge in [0.25, 0.3) is 0 Å². The quantitative estimate of drug-likeness (QED) is 0.765. The highest BCUT2D eigenvalue weighted by molar-refractivity contribution is 5.85. The normalized spacial score (nSPS) is 13.8. The van der Waals surface area contributed by atoms with E-state index in [1.165, 1.54) is 5.56 Å². The van der Waals surface area contributed by atoms with Gasteiger partial charge < -0.3 is 16.0 Å².